The number of nitrogens with one attached hydrogen (secondary N) is 1. The molecule has 1 aliphatic rings. The monoisotopic (exact) mass is 265 g/mol. The summed E-state index contributed by atoms with van der Waals surface area (Å²) in [6.45, 7) is 0.934. The fourth-order valence-electron chi connectivity index (χ4n) is 2.45. The van der Waals surface area contributed by atoms with Crippen LogP contribution in [0.3, 0.4) is 0 Å². The molecular weight excluding hydrogens is 250 g/mol. The van der Waals surface area contributed by atoms with Crippen LogP contribution >= 0.6 is 11.6 Å². The summed E-state index contributed by atoms with van der Waals surface area (Å²) >= 11 is 6.11. The van der Waals surface area contributed by atoms with E-state index in [-0.39, 0.29) is 0 Å². The van der Waals surface area contributed by atoms with Crippen molar-refractivity contribution in [1.29, 1.82) is 0 Å². The van der Waals surface area contributed by atoms with Gasteiger partial charge in [0.05, 0.1) is 0 Å². The van der Waals surface area contributed by atoms with Gasteiger partial charge in [0.2, 0.25) is 5.65 Å². The second-order valence-corrected chi connectivity index (χ2v) is 5.45. The lowest BCUT2D eigenvalue weighted by Crippen LogP contribution is -2.21. The van der Waals surface area contributed by atoms with Gasteiger partial charge >= 0.3 is 0 Å². The molecule has 96 valence electrons. The third-order valence-corrected chi connectivity index (χ3v) is 3.99. The van der Waals surface area contributed by atoms with Crippen LogP contribution in [0.4, 0.5) is 5.82 Å². The van der Waals surface area contributed by atoms with Crippen molar-refractivity contribution < 1.29 is 0 Å². The van der Waals surface area contributed by atoms with Crippen molar-refractivity contribution >= 4 is 23.1 Å². The number of fused-ring (bicyclic) bond motifs is 1. The molecule has 0 spiro atoms. The third kappa shape index (κ3) is 2.41. The lowest BCUT2D eigenvalue weighted by molar-refractivity contribution is 0.377. The summed E-state index contributed by atoms with van der Waals surface area (Å²) in [7, 11) is 0. The van der Waals surface area contributed by atoms with Crippen molar-refractivity contribution in [3.8, 4) is 0 Å². The zero-order valence-electron chi connectivity index (χ0n) is 10.1. The maximum absolute atomic E-state index is 6.11. The molecule has 3 rings (SSSR count). The summed E-state index contributed by atoms with van der Waals surface area (Å²) in [6, 6.07) is 0. The maximum Gasteiger partial charge on any atom is 0.203 e. The van der Waals surface area contributed by atoms with Crippen LogP contribution in [-0.2, 0) is 0 Å². The number of hydrogen-bond acceptors (Lipinski definition) is 4. The molecule has 18 heavy (non-hydrogen) atoms. The Morgan fingerprint density at radius 1 is 1.33 bits per heavy atom. The van der Waals surface area contributed by atoms with Crippen LogP contribution in [-0.4, -0.2) is 31.5 Å². The minimum absolute atomic E-state index is 0.374. The van der Waals surface area contributed by atoms with Gasteiger partial charge in [-0.3, -0.25) is 4.40 Å². The van der Waals surface area contributed by atoms with Crippen molar-refractivity contribution in [2.75, 3.05) is 11.9 Å². The van der Waals surface area contributed by atoms with Gasteiger partial charge in [-0.15, -0.1) is 21.8 Å². The standard InChI is InChI=1S/C12H16ClN5/c13-10-3-1-9(2-4-10)7-15-11-12-17-16-8-18(12)6-5-14-11/h5-6,8-10H,1-4,7H2,(H,14,15). The van der Waals surface area contributed by atoms with Gasteiger partial charge in [0.1, 0.15) is 6.33 Å². The van der Waals surface area contributed by atoms with Crippen LogP contribution in [0, 0.1) is 5.92 Å². The molecule has 0 aliphatic heterocycles. The number of aromatic nitrogens is 4. The number of hydrogen-bond donors (Lipinski definition) is 1. The van der Waals surface area contributed by atoms with Gasteiger partial charge in [0.25, 0.3) is 0 Å². The highest BCUT2D eigenvalue weighted by molar-refractivity contribution is 6.20. The van der Waals surface area contributed by atoms with Gasteiger partial charge in [-0.05, 0) is 31.6 Å². The molecule has 0 saturated heterocycles. The molecule has 0 bridgehead atoms. The van der Waals surface area contributed by atoms with E-state index in [0.29, 0.717) is 11.3 Å². The largest absolute Gasteiger partial charge is 0.367 e. The van der Waals surface area contributed by atoms with E-state index in [2.05, 4.69) is 20.5 Å². The molecule has 0 amide bonds. The molecule has 0 radical (unpaired) electrons. The van der Waals surface area contributed by atoms with Crippen LogP contribution in [0.5, 0.6) is 0 Å². The predicted molar refractivity (Wildman–Crippen MR) is 70.9 cm³/mol. The molecule has 1 aliphatic carbocycles. The summed E-state index contributed by atoms with van der Waals surface area (Å²) in [4.78, 5) is 4.32. The van der Waals surface area contributed by atoms with Crippen molar-refractivity contribution in [3.63, 3.8) is 0 Å². The van der Waals surface area contributed by atoms with E-state index in [9.17, 15) is 0 Å². The molecule has 1 fully saturated rings. The van der Waals surface area contributed by atoms with Crippen LogP contribution in [0.15, 0.2) is 18.7 Å². The smallest absolute Gasteiger partial charge is 0.203 e. The van der Waals surface area contributed by atoms with Crippen molar-refractivity contribution in [2.24, 2.45) is 5.92 Å². The van der Waals surface area contributed by atoms with E-state index in [4.69, 9.17) is 11.6 Å². The van der Waals surface area contributed by atoms with Gasteiger partial charge in [-0.25, -0.2) is 4.98 Å². The number of anilines is 1. The predicted octanol–water partition coefficient (Wildman–Crippen LogP) is 2.33. The average molecular weight is 266 g/mol. The Morgan fingerprint density at radius 3 is 3.00 bits per heavy atom. The van der Waals surface area contributed by atoms with E-state index >= 15 is 0 Å². The highest BCUT2D eigenvalue weighted by Gasteiger charge is 2.19. The van der Waals surface area contributed by atoms with E-state index in [1.165, 1.54) is 12.8 Å². The first-order valence-corrected chi connectivity index (χ1v) is 6.79. The molecule has 1 N–H and O–H groups in total. The second kappa shape index (κ2) is 5.10. The van der Waals surface area contributed by atoms with E-state index in [1.54, 1.807) is 12.5 Å². The van der Waals surface area contributed by atoms with Gasteiger partial charge in [-0.1, -0.05) is 0 Å². The SMILES string of the molecule is ClC1CCC(CNc2nccn3cnnc23)CC1. The first-order chi connectivity index (χ1) is 8.83. The zero-order chi connectivity index (χ0) is 12.4. The first-order valence-electron chi connectivity index (χ1n) is 6.35. The van der Waals surface area contributed by atoms with Gasteiger partial charge in [0.15, 0.2) is 5.82 Å². The summed E-state index contributed by atoms with van der Waals surface area (Å²) < 4.78 is 1.87. The van der Waals surface area contributed by atoms with Crippen LogP contribution in [0.1, 0.15) is 25.7 Å². The lowest BCUT2D eigenvalue weighted by atomic mass is 9.89. The van der Waals surface area contributed by atoms with Gasteiger partial charge < -0.3 is 5.32 Å². The van der Waals surface area contributed by atoms with E-state index in [1.807, 2.05) is 10.6 Å². The van der Waals surface area contributed by atoms with Crippen molar-refractivity contribution in [1.82, 2.24) is 19.6 Å². The summed E-state index contributed by atoms with van der Waals surface area (Å²) in [6.07, 6.45) is 9.91. The number of rotatable bonds is 3. The molecule has 1 saturated carbocycles. The molecular formula is C12H16ClN5. The molecule has 0 aromatic carbocycles. The quantitative estimate of drug-likeness (QED) is 0.866. The Kier molecular flexibility index (Phi) is 3.32. The zero-order valence-corrected chi connectivity index (χ0v) is 10.8. The number of halogens is 1. The normalized spacial score (nSPS) is 24.3. The summed E-state index contributed by atoms with van der Waals surface area (Å²) in [5.74, 6) is 1.49. The Hall–Kier alpha value is -1.36. The molecule has 6 heteroatoms. The highest BCUT2D eigenvalue weighted by atomic mass is 35.5. The van der Waals surface area contributed by atoms with E-state index < -0.39 is 0 Å². The maximum atomic E-state index is 6.11. The summed E-state index contributed by atoms with van der Waals surface area (Å²) in [5.41, 5.74) is 0.781. The third-order valence-electron chi connectivity index (χ3n) is 3.55. The molecule has 5 nitrogen and oxygen atoms in total. The first kappa shape index (κ1) is 11.7. The average Bonchev–Trinajstić information content (AvgIpc) is 2.87. The number of alkyl halides is 1. The molecule has 0 unspecified atom stereocenters. The van der Waals surface area contributed by atoms with E-state index in [0.717, 1.165) is 30.9 Å². The minimum Gasteiger partial charge on any atom is -0.367 e. The van der Waals surface area contributed by atoms with Crippen LogP contribution in [0.25, 0.3) is 5.65 Å². The Labute approximate surface area is 111 Å². The summed E-state index contributed by atoms with van der Waals surface area (Å²) in [5, 5.41) is 11.7. The Bertz CT molecular complexity index is 518. The van der Waals surface area contributed by atoms with Gasteiger partial charge in [-0.2, -0.15) is 0 Å². The minimum atomic E-state index is 0.374. The molecule has 0 atom stereocenters. The Balaban J connectivity index is 1.64. The molecule has 2 aromatic rings. The van der Waals surface area contributed by atoms with Crippen molar-refractivity contribution in [3.05, 3.63) is 18.7 Å². The lowest BCUT2D eigenvalue weighted by Gasteiger charge is -2.25. The van der Waals surface area contributed by atoms with Crippen LogP contribution < -0.4 is 5.32 Å². The molecule has 2 heterocycles. The van der Waals surface area contributed by atoms with Crippen molar-refractivity contribution in [2.45, 2.75) is 31.1 Å². The van der Waals surface area contributed by atoms with Crippen LogP contribution in [0.2, 0.25) is 0 Å². The Morgan fingerprint density at radius 2 is 2.17 bits per heavy atom. The number of nitrogens with zero attached hydrogens (tertiary/aromatic N) is 4. The second-order valence-electron chi connectivity index (χ2n) is 4.84. The molecule has 2 aromatic heterocycles. The highest BCUT2D eigenvalue weighted by Crippen LogP contribution is 2.27. The fraction of sp³-hybridized carbons (Fsp3) is 0.583. The fourth-order valence-corrected chi connectivity index (χ4v) is 2.70. The van der Waals surface area contributed by atoms with Gasteiger partial charge in [0, 0.05) is 24.3 Å². The topological polar surface area (TPSA) is 55.1 Å².